The van der Waals surface area contributed by atoms with E-state index < -0.39 is 0 Å². The molecule has 0 N–H and O–H groups in total. The zero-order valence-corrected chi connectivity index (χ0v) is 12.3. The van der Waals surface area contributed by atoms with Crippen LogP contribution < -0.4 is 4.74 Å². The molecule has 0 unspecified atom stereocenters. The molecule has 17 heavy (non-hydrogen) atoms. The van der Waals surface area contributed by atoms with E-state index in [0.29, 0.717) is 0 Å². The Morgan fingerprint density at radius 2 is 2.29 bits per heavy atom. The van der Waals surface area contributed by atoms with Gasteiger partial charge in [-0.15, -0.1) is 11.3 Å². The number of hydrogen-bond acceptors (Lipinski definition) is 3. The summed E-state index contributed by atoms with van der Waals surface area (Å²) in [5.41, 5.74) is 2.10. The number of halogens is 1. The smallest absolute Gasteiger partial charge is 0.125 e. The second-order valence-corrected chi connectivity index (χ2v) is 6.11. The lowest BCUT2D eigenvalue weighted by Gasteiger charge is -2.02. The van der Waals surface area contributed by atoms with E-state index in [0.717, 1.165) is 34.4 Å². The van der Waals surface area contributed by atoms with Gasteiger partial charge >= 0.3 is 0 Å². The van der Waals surface area contributed by atoms with Crippen LogP contribution in [0.3, 0.4) is 0 Å². The molecule has 0 saturated heterocycles. The number of rotatable bonds is 4. The Kier molecular flexibility index (Phi) is 4.23. The Hall–Kier alpha value is -0.805. The number of thiazole rings is 1. The molecule has 1 aromatic heterocycles. The van der Waals surface area contributed by atoms with E-state index in [2.05, 4.69) is 33.8 Å². The summed E-state index contributed by atoms with van der Waals surface area (Å²) >= 11 is 5.30. The Bertz CT molecular complexity index is 515. The Labute approximate surface area is 114 Å². The number of benzene rings is 1. The molecule has 0 aliphatic carbocycles. The van der Waals surface area contributed by atoms with Crippen LogP contribution >= 0.6 is 27.3 Å². The van der Waals surface area contributed by atoms with Gasteiger partial charge in [0, 0.05) is 5.56 Å². The van der Waals surface area contributed by atoms with Gasteiger partial charge < -0.3 is 4.74 Å². The van der Waals surface area contributed by atoms with E-state index >= 15 is 0 Å². The molecule has 5 heteroatoms. The minimum absolute atomic E-state index is 0.861. The van der Waals surface area contributed by atoms with Crippen molar-refractivity contribution in [2.24, 2.45) is 0 Å². The standard InChI is InChI=1S/C12H13BBrNOS/c1-13-7-10-15-11(12(14)17-10)8-4-3-5-9(6-8)16-2/h3-6,13H,7H2,1-2H3. The van der Waals surface area contributed by atoms with Crippen LogP contribution in [0.4, 0.5) is 0 Å². The second-order valence-electron chi connectivity index (χ2n) is 3.71. The highest BCUT2D eigenvalue weighted by Gasteiger charge is 2.11. The van der Waals surface area contributed by atoms with Gasteiger partial charge in [-0.2, -0.15) is 0 Å². The predicted molar refractivity (Wildman–Crippen MR) is 78.5 cm³/mol. The molecule has 0 amide bonds. The van der Waals surface area contributed by atoms with Gasteiger partial charge in [-0.25, -0.2) is 4.98 Å². The monoisotopic (exact) mass is 309 g/mol. The van der Waals surface area contributed by atoms with Crippen molar-refractivity contribution < 1.29 is 4.74 Å². The van der Waals surface area contributed by atoms with Crippen molar-refractivity contribution in [3.05, 3.63) is 33.1 Å². The maximum Gasteiger partial charge on any atom is 0.125 e. The fourth-order valence-corrected chi connectivity index (χ4v) is 3.40. The number of ether oxygens (including phenoxy) is 1. The molecule has 0 aliphatic rings. The van der Waals surface area contributed by atoms with E-state index in [1.54, 1.807) is 18.4 Å². The first kappa shape index (κ1) is 12.6. The van der Waals surface area contributed by atoms with Gasteiger partial charge in [-0.1, -0.05) is 19.0 Å². The van der Waals surface area contributed by atoms with Crippen LogP contribution in [0.2, 0.25) is 6.82 Å². The van der Waals surface area contributed by atoms with Crippen molar-refractivity contribution in [1.82, 2.24) is 4.98 Å². The van der Waals surface area contributed by atoms with Gasteiger partial charge in [0.05, 0.1) is 21.6 Å². The molecule has 1 aromatic carbocycles. The third-order valence-corrected chi connectivity index (χ3v) is 4.20. The molecule has 0 aliphatic heterocycles. The largest absolute Gasteiger partial charge is 0.497 e. The van der Waals surface area contributed by atoms with E-state index in [4.69, 9.17) is 4.74 Å². The Morgan fingerprint density at radius 1 is 1.47 bits per heavy atom. The maximum atomic E-state index is 5.23. The normalized spacial score (nSPS) is 10.3. The highest BCUT2D eigenvalue weighted by atomic mass is 79.9. The van der Waals surface area contributed by atoms with Crippen molar-refractivity contribution >= 4 is 34.5 Å². The fourth-order valence-electron chi connectivity index (χ4n) is 1.61. The summed E-state index contributed by atoms with van der Waals surface area (Å²) in [6.07, 6.45) is 1.03. The first-order valence-electron chi connectivity index (χ1n) is 5.54. The lowest BCUT2D eigenvalue weighted by molar-refractivity contribution is 0.415. The minimum atomic E-state index is 0.861. The van der Waals surface area contributed by atoms with Gasteiger partial charge in [-0.3, -0.25) is 0 Å². The van der Waals surface area contributed by atoms with E-state index in [-0.39, 0.29) is 0 Å². The van der Waals surface area contributed by atoms with Crippen molar-refractivity contribution in [3.63, 3.8) is 0 Å². The van der Waals surface area contributed by atoms with Gasteiger partial charge in [0.1, 0.15) is 13.0 Å². The summed E-state index contributed by atoms with van der Waals surface area (Å²) in [6, 6.07) is 7.99. The van der Waals surface area contributed by atoms with Gasteiger partial charge in [0.15, 0.2) is 0 Å². The molecular formula is C12H13BBrNOS. The summed E-state index contributed by atoms with van der Waals surface area (Å²) in [4.78, 5) is 4.66. The Balaban J connectivity index is 2.37. The van der Waals surface area contributed by atoms with Crippen LogP contribution in [0.15, 0.2) is 28.1 Å². The summed E-state index contributed by atoms with van der Waals surface area (Å²) in [7, 11) is 2.80. The third-order valence-electron chi connectivity index (χ3n) is 2.44. The van der Waals surface area contributed by atoms with E-state index in [9.17, 15) is 0 Å². The van der Waals surface area contributed by atoms with Gasteiger partial charge in [0.2, 0.25) is 0 Å². The summed E-state index contributed by atoms with van der Waals surface area (Å²) in [5.74, 6) is 0.861. The molecule has 2 rings (SSSR count). The Morgan fingerprint density at radius 3 is 3.00 bits per heavy atom. The molecule has 0 saturated carbocycles. The van der Waals surface area contributed by atoms with Gasteiger partial charge in [-0.05, 0) is 34.4 Å². The molecule has 2 nitrogen and oxygen atoms in total. The first-order valence-corrected chi connectivity index (χ1v) is 7.15. The van der Waals surface area contributed by atoms with Crippen molar-refractivity contribution in [1.29, 1.82) is 0 Å². The lowest BCUT2D eigenvalue weighted by Crippen LogP contribution is -1.90. The molecule has 1 heterocycles. The van der Waals surface area contributed by atoms with Crippen molar-refractivity contribution in [3.8, 4) is 17.0 Å². The summed E-state index contributed by atoms with van der Waals surface area (Å²) in [6.45, 7) is 2.17. The van der Waals surface area contributed by atoms with Crippen LogP contribution in [0.25, 0.3) is 11.3 Å². The quantitative estimate of drug-likeness (QED) is 0.806. The molecule has 0 atom stereocenters. The summed E-state index contributed by atoms with van der Waals surface area (Å²) in [5, 5.41) is 1.18. The third kappa shape index (κ3) is 2.90. The molecule has 0 spiro atoms. The van der Waals surface area contributed by atoms with Crippen LogP contribution in [0.1, 0.15) is 5.01 Å². The molecule has 0 fully saturated rings. The van der Waals surface area contributed by atoms with Gasteiger partial charge in [0.25, 0.3) is 0 Å². The summed E-state index contributed by atoms with van der Waals surface area (Å²) < 4.78 is 6.32. The van der Waals surface area contributed by atoms with Crippen LogP contribution in [0, 0.1) is 0 Å². The second kappa shape index (κ2) is 5.69. The number of nitrogens with zero attached hydrogens (tertiary/aromatic N) is 1. The van der Waals surface area contributed by atoms with E-state index in [1.807, 2.05) is 18.2 Å². The molecule has 0 bridgehead atoms. The van der Waals surface area contributed by atoms with E-state index in [1.165, 1.54) is 5.01 Å². The fraction of sp³-hybridized carbons (Fsp3) is 0.250. The van der Waals surface area contributed by atoms with Crippen molar-refractivity contribution in [2.75, 3.05) is 7.11 Å². The van der Waals surface area contributed by atoms with Crippen LogP contribution in [-0.2, 0) is 6.32 Å². The topological polar surface area (TPSA) is 22.1 Å². The van der Waals surface area contributed by atoms with Crippen LogP contribution in [0.5, 0.6) is 5.75 Å². The maximum absolute atomic E-state index is 5.23. The molecule has 2 aromatic rings. The first-order chi connectivity index (χ1) is 8.24. The lowest BCUT2D eigenvalue weighted by atomic mass is 9.79. The molecule has 88 valence electrons. The SMILES string of the molecule is CBCc1nc(-c2cccc(OC)c2)c(Br)s1. The number of methoxy groups -OCH3 is 1. The molecule has 0 radical (unpaired) electrons. The number of hydrogen-bond donors (Lipinski definition) is 0. The number of aromatic nitrogens is 1. The highest BCUT2D eigenvalue weighted by molar-refractivity contribution is 9.11. The molecular weight excluding hydrogens is 297 g/mol. The average Bonchev–Trinajstić information content (AvgIpc) is 2.71. The van der Waals surface area contributed by atoms with Crippen LogP contribution in [-0.4, -0.2) is 19.4 Å². The predicted octanol–water partition coefficient (Wildman–Crippen LogP) is 3.57. The van der Waals surface area contributed by atoms with Crippen molar-refractivity contribution in [2.45, 2.75) is 13.1 Å². The zero-order chi connectivity index (χ0) is 12.3. The average molecular weight is 310 g/mol. The minimum Gasteiger partial charge on any atom is -0.497 e. The highest BCUT2D eigenvalue weighted by Crippen LogP contribution is 2.34. The zero-order valence-electron chi connectivity index (χ0n) is 9.87.